The molecule has 0 radical (unpaired) electrons. The first-order valence-electron chi connectivity index (χ1n) is 17.7. The van der Waals surface area contributed by atoms with E-state index in [0.29, 0.717) is 0 Å². The van der Waals surface area contributed by atoms with Gasteiger partial charge in [-0.2, -0.15) is 0 Å². The van der Waals surface area contributed by atoms with Crippen LogP contribution in [-0.2, 0) is 19.5 Å². The van der Waals surface area contributed by atoms with E-state index in [1.807, 2.05) is 0 Å². The van der Waals surface area contributed by atoms with E-state index in [1.165, 1.54) is 22.3 Å². The van der Waals surface area contributed by atoms with Gasteiger partial charge in [-0.15, -0.1) is 22.1 Å². The van der Waals surface area contributed by atoms with Gasteiger partial charge in [0.15, 0.2) is 0 Å². The van der Waals surface area contributed by atoms with Crippen LogP contribution in [-0.4, -0.2) is 9.97 Å². The molecule has 5 heterocycles. The largest absolute Gasteiger partial charge is 2.00 e. The molecular formula is C48H36N4Zn. The van der Waals surface area contributed by atoms with Crippen molar-refractivity contribution in [2.75, 3.05) is 0 Å². The number of hydrogen-bond donors (Lipinski definition) is 0. The van der Waals surface area contributed by atoms with E-state index in [9.17, 15) is 0 Å². The molecule has 3 aromatic heterocycles. The molecule has 5 heteroatoms. The quantitative estimate of drug-likeness (QED) is 0.169. The van der Waals surface area contributed by atoms with Crippen molar-refractivity contribution in [1.82, 2.24) is 19.9 Å². The maximum Gasteiger partial charge on any atom is 2.00 e. The molecule has 7 aromatic rings. The minimum Gasteiger partial charge on any atom is -0.657 e. The first kappa shape index (κ1) is 34.2. The Kier molecular flexibility index (Phi) is 8.98. The number of rotatable bonds is 4. The van der Waals surface area contributed by atoms with Crippen molar-refractivity contribution < 1.29 is 19.5 Å². The van der Waals surface area contributed by atoms with Crippen LogP contribution >= 0.6 is 0 Å². The van der Waals surface area contributed by atoms with E-state index in [-0.39, 0.29) is 19.5 Å². The van der Waals surface area contributed by atoms with Crippen molar-refractivity contribution in [2.24, 2.45) is 0 Å². The number of aryl methyl sites for hydroxylation is 4. The van der Waals surface area contributed by atoms with Crippen LogP contribution in [0.15, 0.2) is 121 Å². The van der Waals surface area contributed by atoms with Gasteiger partial charge in [0.2, 0.25) is 0 Å². The number of benzene rings is 4. The summed E-state index contributed by atoms with van der Waals surface area (Å²) in [5, 5.41) is 0. The molecule has 9 rings (SSSR count). The van der Waals surface area contributed by atoms with E-state index in [0.717, 1.165) is 89.4 Å². The van der Waals surface area contributed by atoms with E-state index >= 15 is 0 Å². The van der Waals surface area contributed by atoms with Crippen LogP contribution in [0.2, 0.25) is 0 Å². The molecule has 0 saturated carbocycles. The predicted molar refractivity (Wildman–Crippen MR) is 217 cm³/mol. The van der Waals surface area contributed by atoms with E-state index in [4.69, 9.17) is 19.9 Å². The normalized spacial score (nSPS) is 11.8. The minimum absolute atomic E-state index is 0. The number of nitrogens with zero attached hydrogens (tertiary/aromatic N) is 4. The van der Waals surface area contributed by atoms with Crippen LogP contribution in [0, 0.1) is 27.7 Å². The first-order chi connectivity index (χ1) is 25.4. The molecule has 0 unspecified atom stereocenters. The zero-order valence-corrected chi connectivity index (χ0v) is 33.3. The Morgan fingerprint density at radius 3 is 0.717 bits per heavy atom. The van der Waals surface area contributed by atoms with Crippen LogP contribution in [0.4, 0.5) is 0 Å². The third-order valence-corrected chi connectivity index (χ3v) is 9.97. The Balaban J connectivity index is 0.00000400. The summed E-state index contributed by atoms with van der Waals surface area (Å²) < 4.78 is 0. The van der Waals surface area contributed by atoms with Crippen molar-refractivity contribution in [3.05, 3.63) is 166 Å². The Morgan fingerprint density at radius 1 is 0.302 bits per heavy atom. The average Bonchev–Trinajstić information content (AvgIpc) is 3.99. The van der Waals surface area contributed by atoms with Gasteiger partial charge in [-0.25, -0.2) is 9.97 Å². The fraction of sp³-hybridized carbons (Fsp3) is 0.0833. The molecule has 4 nitrogen and oxygen atoms in total. The smallest absolute Gasteiger partial charge is 0.657 e. The molecule has 2 aliphatic rings. The van der Waals surface area contributed by atoms with Crippen LogP contribution < -0.4 is 9.97 Å². The molecule has 0 amide bonds. The predicted octanol–water partition coefficient (Wildman–Crippen LogP) is 11.8. The standard InChI is InChI=1S/C48H36N4.Zn/c1-29-5-13-33(14-6-29)45-37-21-23-39(49-37)46(34-15-7-30(2)8-16-34)41-25-27-43(51-41)48(36-19-11-32(4)12-20-36)44-28-26-42(52-44)47(40-24-22-38(45)50-40)35-17-9-31(3)10-18-35;/h5-28H,1-4H3;/q-2;+2. The summed E-state index contributed by atoms with van der Waals surface area (Å²) in [5.74, 6) is 0. The van der Waals surface area contributed by atoms with Gasteiger partial charge in [-0.3, -0.25) is 0 Å². The molecule has 0 saturated heterocycles. The first-order valence-corrected chi connectivity index (χ1v) is 17.7. The van der Waals surface area contributed by atoms with Crippen molar-refractivity contribution >= 4 is 46.4 Å². The molecule has 0 atom stereocenters. The molecule has 0 aliphatic carbocycles. The van der Waals surface area contributed by atoms with Gasteiger partial charge in [0.1, 0.15) is 0 Å². The van der Waals surface area contributed by atoms with E-state index < -0.39 is 0 Å². The third kappa shape index (κ3) is 6.43. The molecular weight excluding hydrogens is 698 g/mol. The monoisotopic (exact) mass is 732 g/mol. The van der Waals surface area contributed by atoms with Crippen molar-refractivity contribution in [3.8, 4) is 44.5 Å². The minimum atomic E-state index is 0. The van der Waals surface area contributed by atoms with Gasteiger partial charge >= 0.3 is 19.5 Å². The molecule has 4 aromatic carbocycles. The van der Waals surface area contributed by atoms with Crippen molar-refractivity contribution in [3.63, 3.8) is 0 Å². The van der Waals surface area contributed by atoms with E-state index in [1.54, 1.807) is 0 Å². The summed E-state index contributed by atoms with van der Waals surface area (Å²) in [5.41, 5.74) is 19.9. The van der Waals surface area contributed by atoms with Crippen LogP contribution in [0.3, 0.4) is 0 Å². The van der Waals surface area contributed by atoms with Crippen LogP contribution in [0.25, 0.3) is 90.9 Å². The maximum atomic E-state index is 5.37. The number of hydrogen-bond acceptors (Lipinski definition) is 2. The van der Waals surface area contributed by atoms with Gasteiger partial charge in [0.25, 0.3) is 0 Å². The molecule has 250 valence electrons. The molecule has 0 N–H and O–H groups in total. The SMILES string of the molecule is Cc1ccc(-c2c3nc(c(-c4ccc(C)cc4)c4ccc([n-]4)c(-c4ccc(C)cc4)c4nc(c(-c5ccc(C)cc5)c5ccc2[n-]5)C=C4)C=C3)cc1.[Zn+2]. The van der Waals surface area contributed by atoms with Gasteiger partial charge in [0.05, 0.1) is 22.8 Å². The molecule has 53 heavy (non-hydrogen) atoms. The summed E-state index contributed by atoms with van der Waals surface area (Å²) >= 11 is 0. The van der Waals surface area contributed by atoms with E-state index in [2.05, 4.69) is 173 Å². The van der Waals surface area contributed by atoms with Gasteiger partial charge in [-0.05, 0) is 96.5 Å². The molecule has 0 spiro atoms. The zero-order valence-electron chi connectivity index (χ0n) is 30.4. The molecule has 0 fully saturated rings. The summed E-state index contributed by atoms with van der Waals surface area (Å²) in [4.78, 5) is 21.5. The number of aromatic nitrogens is 4. The summed E-state index contributed by atoms with van der Waals surface area (Å²) in [6, 6.07) is 43.0. The Morgan fingerprint density at radius 2 is 0.509 bits per heavy atom. The Labute approximate surface area is 322 Å². The fourth-order valence-electron chi connectivity index (χ4n) is 7.15. The molecule has 8 bridgehead atoms. The third-order valence-electron chi connectivity index (χ3n) is 9.97. The second-order valence-electron chi connectivity index (χ2n) is 13.8. The Bertz CT molecular complexity index is 2350. The average molecular weight is 734 g/mol. The second-order valence-corrected chi connectivity index (χ2v) is 13.8. The van der Waals surface area contributed by atoms with Crippen molar-refractivity contribution in [2.45, 2.75) is 27.7 Å². The van der Waals surface area contributed by atoms with Crippen LogP contribution in [0.5, 0.6) is 0 Å². The van der Waals surface area contributed by atoms with Gasteiger partial charge in [0, 0.05) is 0 Å². The van der Waals surface area contributed by atoms with Crippen LogP contribution in [0.1, 0.15) is 45.0 Å². The van der Waals surface area contributed by atoms with Gasteiger partial charge < -0.3 is 9.97 Å². The number of fused-ring (bicyclic) bond motifs is 8. The zero-order chi connectivity index (χ0) is 35.3. The summed E-state index contributed by atoms with van der Waals surface area (Å²) in [6.07, 6.45) is 8.48. The fourth-order valence-corrected chi connectivity index (χ4v) is 7.15. The van der Waals surface area contributed by atoms with Crippen molar-refractivity contribution in [1.29, 1.82) is 0 Å². The summed E-state index contributed by atoms with van der Waals surface area (Å²) in [7, 11) is 0. The molecule has 2 aliphatic heterocycles. The van der Waals surface area contributed by atoms with Gasteiger partial charge in [-0.1, -0.05) is 144 Å². The topological polar surface area (TPSA) is 54.0 Å². The second kappa shape index (κ2) is 13.9. The maximum absolute atomic E-state index is 5.37. The summed E-state index contributed by atoms with van der Waals surface area (Å²) in [6.45, 7) is 8.45. The Hall–Kier alpha value is -5.90.